The number of rotatable bonds is 13. The monoisotopic (exact) mass is 368 g/mol. The van der Waals surface area contributed by atoms with Crippen LogP contribution in [-0.2, 0) is 19.1 Å². The molecular weight excluding hydrogens is 336 g/mol. The van der Waals surface area contributed by atoms with Crippen LogP contribution in [0.4, 0.5) is 4.79 Å². The van der Waals surface area contributed by atoms with Crippen LogP contribution in [0.25, 0.3) is 0 Å². The minimum atomic E-state index is -1.01. The highest BCUT2D eigenvalue weighted by Crippen LogP contribution is 2.17. The highest BCUT2D eigenvalue weighted by Gasteiger charge is 2.35. The zero-order valence-electron chi connectivity index (χ0n) is 16.2. The van der Waals surface area contributed by atoms with Gasteiger partial charge < -0.3 is 19.7 Å². The Morgan fingerprint density at radius 2 is 1.38 bits per heavy atom. The van der Waals surface area contributed by atoms with Gasteiger partial charge in [0.15, 0.2) is 0 Å². The van der Waals surface area contributed by atoms with Gasteiger partial charge in [0.2, 0.25) is 0 Å². The summed E-state index contributed by atoms with van der Waals surface area (Å²) < 4.78 is 10.3. The van der Waals surface area contributed by atoms with Gasteiger partial charge >= 0.3 is 18.0 Å². The fourth-order valence-electron chi connectivity index (χ4n) is 2.50. The van der Waals surface area contributed by atoms with Gasteiger partial charge in [-0.15, -0.1) is 0 Å². The lowest BCUT2D eigenvalue weighted by Crippen LogP contribution is -2.59. The van der Waals surface area contributed by atoms with E-state index in [1.807, 2.05) is 20.8 Å². The lowest BCUT2D eigenvalue weighted by atomic mass is 9.95. The van der Waals surface area contributed by atoms with Gasteiger partial charge in [0, 0.05) is 25.2 Å². The van der Waals surface area contributed by atoms with Gasteiger partial charge in [-0.3, -0.25) is 0 Å². The molecule has 0 spiro atoms. The third kappa shape index (κ3) is 8.69. The topological polar surface area (TPSA) is 84.9 Å². The molecule has 0 aromatic heterocycles. The summed E-state index contributed by atoms with van der Waals surface area (Å²) in [5, 5.41) is 2.92. The van der Waals surface area contributed by atoms with E-state index in [1.165, 1.54) is 0 Å². The Morgan fingerprint density at radius 1 is 0.923 bits per heavy atom. The van der Waals surface area contributed by atoms with E-state index in [9.17, 15) is 14.4 Å². The molecule has 7 nitrogen and oxygen atoms in total. The van der Waals surface area contributed by atoms with Crippen molar-refractivity contribution in [1.29, 1.82) is 0 Å². The van der Waals surface area contributed by atoms with Crippen molar-refractivity contribution >= 4 is 18.0 Å². The Bertz CT molecular complexity index is 460. The fourth-order valence-corrected chi connectivity index (χ4v) is 2.50. The van der Waals surface area contributed by atoms with Crippen molar-refractivity contribution in [3.05, 3.63) is 25.3 Å². The summed E-state index contributed by atoms with van der Waals surface area (Å²) in [5.74, 6) is -1.21. The fraction of sp³-hybridized carbons (Fsp3) is 0.632. The molecular formula is C19H32N2O5. The molecule has 0 atom stereocenters. The van der Waals surface area contributed by atoms with Crippen LogP contribution in [0.15, 0.2) is 25.3 Å². The number of urea groups is 1. The maximum Gasteiger partial charge on any atom is 0.330 e. The second-order valence-electron chi connectivity index (χ2n) is 6.07. The van der Waals surface area contributed by atoms with Gasteiger partial charge in [0.05, 0.1) is 0 Å². The number of nitrogens with one attached hydrogen (secondary N) is 1. The Hall–Kier alpha value is -2.31. The van der Waals surface area contributed by atoms with Crippen molar-refractivity contribution in [1.82, 2.24) is 10.2 Å². The molecule has 0 bridgehead atoms. The molecule has 0 aliphatic rings. The first-order valence-corrected chi connectivity index (χ1v) is 9.03. The predicted molar refractivity (Wildman–Crippen MR) is 101 cm³/mol. The molecule has 0 unspecified atom stereocenters. The van der Waals surface area contributed by atoms with E-state index in [-0.39, 0.29) is 19.2 Å². The Kier molecular flexibility index (Phi) is 11.8. The number of ether oxygens (including phenoxy) is 2. The average molecular weight is 368 g/mol. The van der Waals surface area contributed by atoms with E-state index in [2.05, 4.69) is 18.5 Å². The number of carbonyl (C=O) groups excluding carboxylic acids is 3. The summed E-state index contributed by atoms with van der Waals surface area (Å²) in [5.41, 5.74) is -1.01. The molecule has 0 saturated heterocycles. The Balaban J connectivity index is 5.41. The molecule has 26 heavy (non-hydrogen) atoms. The molecule has 1 N–H and O–H groups in total. The molecule has 7 heteroatoms. The minimum absolute atomic E-state index is 0.117. The van der Waals surface area contributed by atoms with Gasteiger partial charge in [-0.25, -0.2) is 14.4 Å². The smallest absolute Gasteiger partial charge is 0.330 e. The Morgan fingerprint density at radius 3 is 1.73 bits per heavy atom. The molecule has 2 amide bonds. The summed E-state index contributed by atoms with van der Waals surface area (Å²) in [4.78, 5) is 37.4. The van der Waals surface area contributed by atoms with Gasteiger partial charge in [-0.05, 0) is 19.3 Å². The van der Waals surface area contributed by atoms with Crippen LogP contribution in [0.5, 0.6) is 0 Å². The van der Waals surface area contributed by atoms with E-state index >= 15 is 0 Å². The first-order chi connectivity index (χ1) is 12.4. The molecule has 0 heterocycles. The van der Waals surface area contributed by atoms with Crippen LogP contribution in [0.3, 0.4) is 0 Å². The number of esters is 2. The molecule has 0 aromatic carbocycles. The van der Waals surface area contributed by atoms with E-state index in [0.717, 1.165) is 25.0 Å². The summed E-state index contributed by atoms with van der Waals surface area (Å²) in [6, 6.07) is -0.272. The largest absolute Gasteiger partial charge is 0.460 e. The average Bonchev–Trinajstić information content (AvgIpc) is 2.63. The maximum absolute atomic E-state index is 12.7. The SMILES string of the molecule is C=CC(=O)OCC(CCC)(COC(=O)C=C)NC(=O)N(CCC)CCC. The summed E-state index contributed by atoms with van der Waals surface area (Å²) in [6.07, 6.45) is 4.92. The van der Waals surface area contributed by atoms with Crippen LogP contribution >= 0.6 is 0 Å². The number of amides is 2. The molecule has 0 fully saturated rings. The molecule has 0 rings (SSSR count). The number of hydrogen-bond acceptors (Lipinski definition) is 5. The molecule has 0 aromatic rings. The molecule has 148 valence electrons. The number of nitrogens with zero attached hydrogens (tertiary/aromatic N) is 1. The van der Waals surface area contributed by atoms with Crippen LogP contribution in [0, 0.1) is 0 Å². The van der Waals surface area contributed by atoms with Crippen molar-refractivity contribution in [2.24, 2.45) is 0 Å². The van der Waals surface area contributed by atoms with Crippen LogP contribution < -0.4 is 5.32 Å². The number of carbonyl (C=O) groups is 3. The minimum Gasteiger partial charge on any atom is -0.460 e. The number of hydrogen-bond donors (Lipinski definition) is 1. The zero-order chi connectivity index (χ0) is 20.0. The van der Waals surface area contributed by atoms with Crippen molar-refractivity contribution in [2.45, 2.75) is 52.0 Å². The highest BCUT2D eigenvalue weighted by molar-refractivity contribution is 5.82. The predicted octanol–water partition coefficient (Wildman–Crippen LogP) is 2.82. The summed E-state index contributed by atoms with van der Waals surface area (Å²) in [7, 11) is 0. The van der Waals surface area contributed by atoms with Gasteiger partial charge in [-0.1, -0.05) is 40.3 Å². The van der Waals surface area contributed by atoms with Gasteiger partial charge in [0.25, 0.3) is 0 Å². The lowest BCUT2D eigenvalue weighted by Gasteiger charge is -2.35. The molecule has 0 aliphatic heterocycles. The summed E-state index contributed by atoms with van der Waals surface area (Å²) >= 11 is 0. The second kappa shape index (κ2) is 13.0. The zero-order valence-corrected chi connectivity index (χ0v) is 16.2. The van der Waals surface area contributed by atoms with Crippen molar-refractivity contribution in [2.75, 3.05) is 26.3 Å². The Labute approximate surface area is 156 Å². The van der Waals surface area contributed by atoms with E-state index < -0.39 is 17.5 Å². The highest BCUT2D eigenvalue weighted by atomic mass is 16.5. The van der Waals surface area contributed by atoms with Crippen LogP contribution in [0.1, 0.15) is 46.5 Å². The standard InChI is InChI=1S/C19H32N2O5/c1-6-11-19(14-25-16(22)9-4,15-26-17(23)10-5)20-18(24)21(12-7-2)13-8-3/h9-10H,4-8,11-15H2,1-3H3,(H,20,24). The van der Waals surface area contributed by atoms with Crippen molar-refractivity contribution < 1.29 is 23.9 Å². The van der Waals surface area contributed by atoms with Crippen LogP contribution in [-0.4, -0.2) is 54.7 Å². The third-order valence-corrected chi connectivity index (χ3v) is 3.69. The van der Waals surface area contributed by atoms with Gasteiger partial charge in [-0.2, -0.15) is 0 Å². The molecule has 0 radical (unpaired) electrons. The first kappa shape index (κ1) is 23.7. The van der Waals surface area contributed by atoms with Crippen molar-refractivity contribution in [3.8, 4) is 0 Å². The van der Waals surface area contributed by atoms with Gasteiger partial charge in [0.1, 0.15) is 18.8 Å². The molecule has 0 aliphatic carbocycles. The normalized spacial score (nSPS) is 10.6. The van der Waals surface area contributed by atoms with Crippen molar-refractivity contribution in [3.63, 3.8) is 0 Å². The summed E-state index contributed by atoms with van der Waals surface area (Å²) in [6.45, 7) is 13.6. The van der Waals surface area contributed by atoms with E-state index in [0.29, 0.717) is 25.9 Å². The maximum atomic E-state index is 12.7. The van der Waals surface area contributed by atoms with E-state index in [1.54, 1.807) is 4.90 Å². The third-order valence-electron chi connectivity index (χ3n) is 3.69. The molecule has 0 saturated carbocycles. The van der Waals surface area contributed by atoms with Crippen LogP contribution in [0.2, 0.25) is 0 Å². The van der Waals surface area contributed by atoms with E-state index in [4.69, 9.17) is 9.47 Å². The lowest BCUT2D eigenvalue weighted by molar-refractivity contribution is -0.145. The first-order valence-electron chi connectivity index (χ1n) is 9.03. The second-order valence-corrected chi connectivity index (χ2v) is 6.07. The quantitative estimate of drug-likeness (QED) is 0.399.